The molecule has 0 aliphatic carbocycles. The first-order valence-electron chi connectivity index (χ1n) is 4.41. The van der Waals surface area contributed by atoms with Crippen LogP contribution in [-0.2, 0) is 0 Å². The third-order valence-electron chi connectivity index (χ3n) is 2.34. The lowest BCUT2D eigenvalue weighted by Crippen LogP contribution is -2.10. The number of hydrogen-bond donors (Lipinski definition) is 0. The minimum Gasteiger partial charge on any atom is -0.450 e. The molecule has 4 nitrogen and oxygen atoms in total. The number of carbonyl (C=O) groups excluding carboxylic acids is 1. The van der Waals surface area contributed by atoms with Gasteiger partial charge >= 0.3 is 5.91 Å². The van der Waals surface area contributed by atoms with Crippen LogP contribution in [0.15, 0.2) is 38.5 Å². The topological polar surface area (TPSA) is 59.6 Å². The van der Waals surface area contributed by atoms with Crippen LogP contribution in [0.4, 0.5) is 0 Å². The second-order valence-electron chi connectivity index (χ2n) is 3.23. The van der Waals surface area contributed by atoms with Crippen molar-refractivity contribution in [3.8, 4) is 0 Å². The molecule has 1 aromatic carbocycles. The van der Waals surface area contributed by atoms with Crippen LogP contribution in [0.1, 0.15) is 16.1 Å². The third-order valence-corrected chi connectivity index (χ3v) is 2.34. The zero-order valence-electron chi connectivity index (χ0n) is 7.56. The van der Waals surface area contributed by atoms with Crippen LogP contribution in [0.25, 0.3) is 11.0 Å². The highest BCUT2D eigenvalue weighted by Gasteiger charge is 2.22. The van der Waals surface area contributed by atoms with E-state index in [4.69, 9.17) is 4.42 Å². The van der Waals surface area contributed by atoms with Gasteiger partial charge < -0.3 is 4.42 Å². The largest absolute Gasteiger partial charge is 0.450 e. The summed E-state index contributed by atoms with van der Waals surface area (Å²) in [5, 5.41) is 0.470. The van der Waals surface area contributed by atoms with E-state index in [2.05, 4.69) is 4.99 Å². The lowest BCUT2D eigenvalue weighted by atomic mass is 10.1. The molecular formula is C11H5NO3. The fraction of sp³-hybridized carbons (Fsp3) is 0. The average molecular weight is 199 g/mol. The molecule has 0 fully saturated rings. The van der Waals surface area contributed by atoms with E-state index < -0.39 is 5.91 Å². The molecule has 3 rings (SSSR count). The van der Waals surface area contributed by atoms with Crippen molar-refractivity contribution in [2.75, 3.05) is 0 Å². The second-order valence-corrected chi connectivity index (χ2v) is 3.23. The van der Waals surface area contributed by atoms with E-state index in [9.17, 15) is 9.59 Å². The van der Waals surface area contributed by atoms with Crippen LogP contribution in [0.5, 0.6) is 0 Å². The van der Waals surface area contributed by atoms with E-state index in [0.717, 1.165) is 0 Å². The van der Waals surface area contributed by atoms with Crippen LogP contribution >= 0.6 is 0 Å². The molecule has 1 aliphatic heterocycles. The van der Waals surface area contributed by atoms with Gasteiger partial charge in [-0.15, -0.1) is 0 Å². The molecule has 1 aromatic heterocycles. The Kier molecular flexibility index (Phi) is 1.42. The smallest absolute Gasteiger partial charge is 0.313 e. The van der Waals surface area contributed by atoms with Gasteiger partial charge in [0, 0.05) is 6.21 Å². The summed E-state index contributed by atoms with van der Waals surface area (Å²) in [6, 6.07) is 6.82. The van der Waals surface area contributed by atoms with Gasteiger partial charge in [-0.1, -0.05) is 12.1 Å². The third kappa shape index (κ3) is 0.985. The van der Waals surface area contributed by atoms with Crippen LogP contribution < -0.4 is 5.43 Å². The summed E-state index contributed by atoms with van der Waals surface area (Å²) >= 11 is 0. The predicted octanol–water partition coefficient (Wildman–Crippen LogP) is 1.37. The molecule has 2 heterocycles. The predicted molar refractivity (Wildman–Crippen MR) is 54.4 cm³/mol. The van der Waals surface area contributed by atoms with Gasteiger partial charge in [0.15, 0.2) is 0 Å². The lowest BCUT2D eigenvalue weighted by Gasteiger charge is -1.98. The number of rotatable bonds is 0. The molecule has 0 atom stereocenters. The Morgan fingerprint density at radius 3 is 2.80 bits per heavy atom. The van der Waals surface area contributed by atoms with Crippen molar-refractivity contribution >= 4 is 23.1 Å². The van der Waals surface area contributed by atoms with E-state index in [1.807, 2.05) is 0 Å². The molecule has 0 bridgehead atoms. The van der Waals surface area contributed by atoms with Crippen molar-refractivity contribution in [3.63, 3.8) is 0 Å². The van der Waals surface area contributed by atoms with Gasteiger partial charge in [0.1, 0.15) is 5.58 Å². The minimum absolute atomic E-state index is 0.0405. The Labute approximate surface area is 83.9 Å². The number of para-hydroxylation sites is 1. The fourth-order valence-electron chi connectivity index (χ4n) is 1.61. The van der Waals surface area contributed by atoms with Gasteiger partial charge in [-0.25, -0.2) is 4.99 Å². The number of carbonyl (C=O) groups is 1. The lowest BCUT2D eigenvalue weighted by molar-refractivity contribution is 0.0982. The molecule has 0 saturated carbocycles. The van der Waals surface area contributed by atoms with Crippen LogP contribution in [0.2, 0.25) is 0 Å². The SMILES string of the molecule is O=C1N=Cc2c1oc1ccccc1c2=O. The van der Waals surface area contributed by atoms with E-state index in [-0.39, 0.29) is 16.8 Å². The summed E-state index contributed by atoms with van der Waals surface area (Å²) in [5.41, 5.74) is 0.459. The number of amides is 1. The van der Waals surface area contributed by atoms with Gasteiger partial charge in [0.25, 0.3) is 0 Å². The van der Waals surface area contributed by atoms with Crippen LogP contribution in [0, 0.1) is 0 Å². The first-order valence-corrected chi connectivity index (χ1v) is 4.41. The first-order chi connectivity index (χ1) is 7.27. The maximum Gasteiger partial charge on any atom is 0.313 e. The summed E-state index contributed by atoms with van der Waals surface area (Å²) in [5.74, 6) is -0.452. The molecule has 1 aliphatic rings. The molecule has 0 radical (unpaired) electrons. The Morgan fingerprint density at radius 1 is 1.13 bits per heavy atom. The number of nitrogens with zero attached hydrogens (tertiary/aromatic N) is 1. The van der Waals surface area contributed by atoms with E-state index in [1.54, 1.807) is 24.3 Å². The van der Waals surface area contributed by atoms with Gasteiger partial charge in [0.05, 0.1) is 10.9 Å². The highest BCUT2D eigenvalue weighted by molar-refractivity contribution is 6.12. The normalized spacial score (nSPS) is 13.5. The zero-order chi connectivity index (χ0) is 10.4. The molecule has 0 saturated heterocycles. The van der Waals surface area contributed by atoms with Crippen molar-refractivity contribution < 1.29 is 9.21 Å². The number of benzene rings is 1. The summed E-state index contributed by atoms with van der Waals surface area (Å²) in [4.78, 5) is 26.6. The average Bonchev–Trinajstić information content (AvgIpc) is 2.62. The maximum absolute atomic E-state index is 11.9. The molecule has 0 spiro atoms. The van der Waals surface area contributed by atoms with Gasteiger partial charge in [-0.3, -0.25) is 9.59 Å². The van der Waals surface area contributed by atoms with Crippen molar-refractivity contribution in [1.82, 2.24) is 0 Å². The zero-order valence-corrected chi connectivity index (χ0v) is 7.56. The molecule has 4 heteroatoms. The van der Waals surface area contributed by atoms with Crippen molar-refractivity contribution in [1.29, 1.82) is 0 Å². The molecule has 0 N–H and O–H groups in total. The van der Waals surface area contributed by atoms with E-state index >= 15 is 0 Å². The molecule has 1 amide bonds. The van der Waals surface area contributed by atoms with Gasteiger partial charge in [0.2, 0.25) is 11.2 Å². The quantitative estimate of drug-likeness (QED) is 0.643. The summed E-state index contributed by atoms with van der Waals surface area (Å²) in [6.45, 7) is 0. The summed E-state index contributed by atoms with van der Waals surface area (Å²) in [7, 11) is 0. The van der Waals surface area contributed by atoms with Crippen molar-refractivity contribution in [2.45, 2.75) is 0 Å². The van der Waals surface area contributed by atoms with Crippen LogP contribution in [0.3, 0.4) is 0 Å². The van der Waals surface area contributed by atoms with E-state index in [1.165, 1.54) is 6.21 Å². The Morgan fingerprint density at radius 2 is 1.93 bits per heavy atom. The molecule has 0 unspecified atom stereocenters. The standard InChI is InChI=1S/C11H5NO3/c13-9-6-3-1-2-4-8(6)15-10-7(9)5-12-11(10)14/h1-5H. The Hall–Kier alpha value is -2.23. The van der Waals surface area contributed by atoms with Crippen molar-refractivity contribution in [2.24, 2.45) is 4.99 Å². The Balaban J connectivity index is 2.56. The molecule has 2 aromatic rings. The summed E-state index contributed by atoms with van der Waals surface area (Å²) in [6.07, 6.45) is 1.26. The maximum atomic E-state index is 11.9. The van der Waals surface area contributed by atoms with Crippen LogP contribution in [-0.4, -0.2) is 12.1 Å². The fourth-order valence-corrected chi connectivity index (χ4v) is 1.61. The molecule has 72 valence electrons. The first kappa shape index (κ1) is 8.11. The van der Waals surface area contributed by atoms with Crippen molar-refractivity contribution in [3.05, 3.63) is 45.8 Å². The van der Waals surface area contributed by atoms with Gasteiger partial charge in [-0.2, -0.15) is 0 Å². The molecule has 15 heavy (non-hydrogen) atoms. The monoisotopic (exact) mass is 199 g/mol. The number of hydrogen-bond acceptors (Lipinski definition) is 3. The Bertz CT molecular complexity index is 667. The highest BCUT2D eigenvalue weighted by atomic mass is 16.3. The number of aliphatic imine (C=N–C) groups is 1. The minimum atomic E-state index is -0.493. The number of fused-ring (bicyclic) bond motifs is 2. The second kappa shape index (κ2) is 2.63. The summed E-state index contributed by atoms with van der Waals surface area (Å²) < 4.78 is 5.32. The van der Waals surface area contributed by atoms with E-state index in [0.29, 0.717) is 11.0 Å². The van der Waals surface area contributed by atoms with Gasteiger partial charge in [-0.05, 0) is 12.1 Å². The highest BCUT2D eigenvalue weighted by Crippen LogP contribution is 2.18. The molecular weight excluding hydrogens is 194 g/mol.